The topological polar surface area (TPSA) is 137 Å². The second-order valence-corrected chi connectivity index (χ2v) is 11.7. The van der Waals surface area contributed by atoms with Crippen molar-refractivity contribution in [2.45, 2.75) is 44.6 Å². The lowest BCUT2D eigenvalue weighted by Crippen LogP contribution is -2.50. The molecule has 0 spiro atoms. The number of hydrogen-bond donors (Lipinski definition) is 2. The van der Waals surface area contributed by atoms with E-state index < -0.39 is 17.9 Å². The van der Waals surface area contributed by atoms with E-state index in [1.807, 2.05) is 0 Å². The predicted molar refractivity (Wildman–Crippen MR) is 157 cm³/mol. The van der Waals surface area contributed by atoms with E-state index in [1.54, 1.807) is 29.1 Å². The summed E-state index contributed by atoms with van der Waals surface area (Å²) in [5.74, 6) is -2.07. The Morgan fingerprint density at radius 2 is 2.05 bits per heavy atom. The van der Waals surface area contributed by atoms with Gasteiger partial charge >= 0.3 is 12.0 Å². The number of carbonyl (C=O) groups excluding carboxylic acids is 2. The van der Waals surface area contributed by atoms with E-state index in [0.29, 0.717) is 70.6 Å². The summed E-state index contributed by atoms with van der Waals surface area (Å²) in [4.78, 5) is 35.7. The Balaban J connectivity index is 1.35. The molecular formula is C30H28ClF2N7O4. The highest BCUT2D eigenvalue weighted by Crippen LogP contribution is 2.44. The number of morpholine rings is 1. The molecule has 2 amide bonds. The number of alkyl halides is 2. The van der Waals surface area contributed by atoms with Gasteiger partial charge in [-0.3, -0.25) is 19.5 Å². The van der Waals surface area contributed by atoms with Crippen LogP contribution >= 0.6 is 11.6 Å². The van der Waals surface area contributed by atoms with E-state index in [2.05, 4.69) is 15.4 Å². The number of anilines is 1. The first-order valence-corrected chi connectivity index (χ1v) is 14.7. The average molecular weight is 624 g/mol. The number of halogens is 3. The standard InChI is InChI=1S/C30H28ClF2N7O4/c31-18-4-5-19(36-11-18)14-39-23-6-3-17(10-24(23)44-30(32,33)29(39)42)25-21-13-37-40(15-20-12-35-7-8-43-20)28(21)38-22(9-16-1-2-16)26(25)27(34)41/h3-6,10-11,13,16,20,35H,1-2,7-9,12,14-15H2,(H2,34,41)/t20-/m1/s1. The number of pyridine rings is 2. The first kappa shape index (κ1) is 28.6. The van der Waals surface area contributed by atoms with E-state index in [1.165, 1.54) is 18.3 Å². The summed E-state index contributed by atoms with van der Waals surface area (Å²) in [5, 5.41) is 8.78. The average Bonchev–Trinajstić information content (AvgIpc) is 3.74. The van der Waals surface area contributed by atoms with Crippen molar-refractivity contribution >= 4 is 40.1 Å². The molecule has 14 heteroatoms. The third-order valence-corrected chi connectivity index (χ3v) is 8.27. The molecule has 1 saturated heterocycles. The van der Waals surface area contributed by atoms with Crippen LogP contribution < -0.4 is 20.7 Å². The maximum atomic E-state index is 15.0. The van der Waals surface area contributed by atoms with Crippen molar-refractivity contribution in [1.82, 2.24) is 25.1 Å². The van der Waals surface area contributed by atoms with E-state index in [4.69, 9.17) is 31.8 Å². The molecule has 44 heavy (non-hydrogen) atoms. The van der Waals surface area contributed by atoms with Crippen molar-refractivity contribution in [3.63, 3.8) is 0 Å². The Morgan fingerprint density at radius 1 is 1.20 bits per heavy atom. The quantitative estimate of drug-likeness (QED) is 0.303. The Hall–Kier alpha value is -4.20. The Morgan fingerprint density at radius 3 is 2.75 bits per heavy atom. The third kappa shape index (κ3) is 5.35. The highest BCUT2D eigenvalue weighted by molar-refractivity contribution is 6.30. The summed E-state index contributed by atoms with van der Waals surface area (Å²) in [5.41, 5.74) is 8.53. The van der Waals surface area contributed by atoms with Crippen molar-refractivity contribution in [2.24, 2.45) is 11.7 Å². The Bertz CT molecular complexity index is 1770. The molecular weight excluding hydrogens is 596 g/mol. The molecule has 3 N–H and O–H groups in total. The van der Waals surface area contributed by atoms with E-state index in [0.717, 1.165) is 24.3 Å². The second-order valence-electron chi connectivity index (χ2n) is 11.2. The zero-order chi connectivity index (χ0) is 30.6. The van der Waals surface area contributed by atoms with Gasteiger partial charge in [0.05, 0.1) is 59.7 Å². The molecule has 228 valence electrons. The van der Waals surface area contributed by atoms with Gasteiger partial charge in [-0.25, -0.2) is 9.67 Å². The monoisotopic (exact) mass is 623 g/mol. The molecule has 3 aliphatic rings. The Labute approximate surface area is 255 Å². The van der Waals surface area contributed by atoms with Crippen LogP contribution in [0.4, 0.5) is 14.5 Å². The third-order valence-electron chi connectivity index (χ3n) is 8.05. The van der Waals surface area contributed by atoms with Crippen molar-refractivity contribution in [3.05, 3.63) is 64.7 Å². The molecule has 1 saturated carbocycles. The second kappa shape index (κ2) is 11.1. The lowest BCUT2D eigenvalue weighted by atomic mass is 9.93. The van der Waals surface area contributed by atoms with Crippen LogP contribution in [0, 0.1) is 5.92 Å². The molecule has 2 fully saturated rings. The minimum Gasteiger partial charge on any atom is -0.423 e. The van der Waals surface area contributed by atoms with Crippen LogP contribution in [0.3, 0.4) is 0 Å². The molecule has 0 bridgehead atoms. The molecule has 0 radical (unpaired) electrons. The highest BCUT2D eigenvalue weighted by Gasteiger charge is 2.50. The molecule has 5 heterocycles. The molecule has 0 unspecified atom stereocenters. The molecule has 1 atom stereocenters. The van der Waals surface area contributed by atoms with Gasteiger partial charge in [-0.15, -0.1) is 0 Å². The number of hydrogen-bond acceptors (Lipinski definition) is 8. The number of amides is 2. The number of primary amides is 1. The van der Waals surface area contributed by atoms with Gasteiger partial charge in [0.25, 0.3) is 5.91 Å². The molecule has 2 aliphatic heterocycles. The SMILES string of the molecule is NC(=O)c1c(CC2CC2)nc2c(cnn2C[C@H]2CNCCO2)c1-c1ccc2c(c1)OC(F)(F)C(=O)N2Cc1ccc(Cl)cn1. The largest absolute Gasteiger partial charge is 0.482 e. The maximum absolute atomic E-state index is 15.0. The van der Waals surface area contributed by atoms with Gasteiger partial charge in [-0.05, 0) is 55.0 Å². The molecule has 7 rings (SSSR count). The number of nitrogens with two attached hydrogens (primary N) is 1. The van der Waals surface area contributed by atoms with Crippen molar-refractivity contribution in [1.29, 1.82) is 0 Å². The maximum Gasteiger partial charge on any atom is 0.482 e. The summed E-state index contributed by atoms with van der Waals surface area (Å²) in [6.07, 6.45) is 1.29. The molecule has 1 aromatic carbocycles. The zero-order valence-corrected chi connectivity index (χ0v) is 24.2. The van der Waals surface area contributed by atoms with Gasteiger partial charge in [-0.1, -0.05) is 17.7 Å². The fraction of sp³-hybridized carbons (Fsp3) is 0.367. The van der Waals surface area contributed by atoms with Crippen LogP contribution in [0.5, 0.6) is 5.75 Å². The number of carbonyl (C=O) groups is 2. The lowest BCUT2D eigenvalue weighted by molar-refractivity contribution is -0.193. The summed E-state index contributed by atoms with van der Waals surface area (Å²) >= 11 is 5.92. The predicted octanol–water partition coefficient (Wildman–Crippen LogP) is 3.70. The first-order chi connectivity index (χ1) is 21.2. The van der Waals surface area contributed by atoms with Crippen LogP contribution in [0.15, 0.2) is 42.7 Å². The van der Waals surface area contributed by atoms with E-state index in [-0.39, 0.29) is 29.6 Å². The smallest absolute Gasteiger partial charge is 0.423 e. The minimum absolute atomic E-state index is 0.127. The number of ether oxygens (including phenoxy) is 2. The van der Waals surface area contributed by atoms with Gasteiger partial charge < -0.3 is 20.5 Å². The minimum atomic E-state index is -4.13. The number of aromatic nitrogens is 4. The van der Waals surface area contributed by atoms with Gasteiger partial charge in [0, 0.05) is 30.2 Å². The van der Waals surface area contributed by atoms with Crippen LogP contribution in [0.25, 0.3) is 22.2 Å². The summed E-state index contributed by atoms with van der Waals surface area (Å²) in [7, 11) is 0. The summed E-state index contributed by atoms with van der Waals surface area (Å²) < 4.78 is 42.5. The highest BCUT2D eigenvalue weighted by atomic mass is 35.5. The van der Waals surface area contributed by atoms with Gasteiger partial charge in [0.15, 0.2) is 11.4 Å². The fourth-order valence-corrected chi connectivity index (χ4v) is 5.86. The fourth-order valence-electron chi connectivity index (χ4n) is 5.75. The zero-order valence-electron chi connectivity index (χ0n) is 23.4. The van der Waals surface area contributed by atoms with Crippen LogP contribution in [-0.4, -0.2) is 63.5 Å². The number of nitrogens with zero attached hydrogens (tertiary/aromatic N) is 5. The number of benzene rings is 1. The van der Waals surface area contributed by atoms with Gasteiger partial charge in [-0.2, -0.15) is 13.9 Å². The van der Waals surface area contributed by atoms with Crippen LogP contribution in [0.2, 0.25) is 5.02 Å². The molecule has 4 aromatic rings. The van der Waals surface area contributed by atoms with Gasteiger partial charge in [0.1, 0.15) is 0 Å². The number of nitrogens with one attached hydrogen (secondary N) is 1. The van der Waals surface area contributed by atoms with E-state index in [9.17, 15) is 18.4 Å². The van der Waals surface area contributed by atoms with E-state index >= 15 is 0 Å². The number of rotatable bonds is 8. The normalized spacial score (nSPS) is 19.6. The van der Waals surface area contributed by atoms with Crippen LogP contribution in [0.1, 0.15) is 34.6 Å². The molecule has 1 aliphatic carbocycles. The molecule has 11 nitrogen and oxygen atoms in total. The Kier molecular flexibility index (Phi) is 7.18. The van der Waals surface area contributed by atoms with Gasteiger partial charge in [0.2, 0.25) is 0 Å². The van der Waals surface area contributed by atoms with Crippen molar-refractivity contribution in [3.8, 4) is 16.9 Å². The lowest BCUT2D eigenvalue weighted by Gasteiger charge is -2.33. The van der Waals surface area contributed by atoms with Crippen molar-refractivity contribution < 1.29 is 27.8 Å². The first-order valence-electron chi connectivity index (χ1n) is 14.3. The van der Waals surface area contributed by atoms with Crippen molar-refractivity contribution in [2.75, 3.05) is 24.6 Å². The summed E-state index contributed by atoms with van der Waals surface area (Å²) in [6, 6.07) is 7.67. The summed E-state index contributed by atoms with van der Waals surface area (Å²) in [6.45, 7) is 2.19. The molecule has 3 aromatic heterocycles. The van der Waals surface area contributed by atoms with Crippen LogP contribution in [-0.2, 0) is 29.0 Å². The number of fused-ring (bicyclic) bond motifs is 2.